The molecular formula is C12H22N4O2S. The van der Waals surface area contributed by atoms with Gasteiger partial charge in [-0.15, -0.1) is 0 Å². The summed E-state index contributed by atoms with van der Waals surface area (Å²) in [6.07, 6.45) is 5.82. The van der Waals surface area contributed by atoms with Crippen LogP contribution in [0, 0.1) is 6.92 Å². The molecule has 1 aliphatic heterocycles. The summed E-state index contributed by atoms with van der Waals surface area (Å²) in [5.41, 5.74) is 0.586. The summed E-state index contributed by atoms with van der Waals surface area (Å²) in [7, 11) is -1.79. The molecular weight excluding hydrogens is 264 g/mol. The summed E-state index contributed by atoms with van der Waals surface area (Å²) in [5, 5.41) is 9.88. The third-order valence-electron chi connectivity index (χ3n) is 3.68. The standard InChI is InChI=1S/C12H22N4O2S/c1-10-12(9-14-15-10)19(17,18)16(2)8-6-11-5-3-4-7-13-11/h9,11,13H,3-8H2,1-2H3,(H,14,15). The van der Waals surface area contributed by atoms with Crippen LogP contribution in [0.5, 0.6) is 0 Å². The molecule has 7 heteroatoms. The van der Waals surface area contributed by atoms with E-state index in [4.69, 9.17) is 0 Å². The van der Waals surface area contributed by atoms with Crippen LogP contribution in [0.2, 0.25) is 0 Å². The molecule has 1 aromatic heterocycles. The summed E-state index contributed by atoms with van der Waals surface area (Å²) in [5.74, 6) is 0. The maximum absolute atomic E-state index is 12.3. The highest BCUT2D eigenvalue weighted by Gasteiger charge is 2.25. The summed E-state index contributed by atoms with van der Waals surface area (Å²) in [4.78, 5) is 0.270. The predicted molar refractivity (Wildman–Crippen MR) is 73.4 cm³/mol. The second-order valence-corrected chi connectivity index (χ2v) is 7.13. The molecule has 0 bridgehead atoms. The van der Waals surface area contributed by atoms with Crippen LogP contribution in [0.25, 0.3) is 0 Å². The number of nitrogens with zero attached hydrogens (tertiary/aromatic N) is 2. The molecule has 0 radical (unpaired) electrons. The lowest BCUT2D eigenvalue weighted by Gasteiger charge is -2.25. The Hall–Kier alpha value is -0.920. The number of aryl methyl sites for hydroxylation is 1. The summed E-state index contributed by atoms with van der Waals surface area (Å²) in [6, 6.07) is 0.442. The topological polar surface area (TPSA) is 78.1 Å². The quantitative estimate of drug-likeness (QED) is 0.842. The smallest absolute Gasteiger partial charge is 0.246 e. The van der Waals surface area contributed by atoms with Gasteiger partial charge >= 0.3 is 0 Å². The summed E-state index contributed by atoms with van der Waals surface area (Å²) in [6.45, 7) is 3.29. The Kier molecular flexibility index (Phi) is 4.59. The fourth-order valence-electron chi connectivity index (χ4n) is 2.40. The molecule has 1 saturated heterocycles. The van der Waals surface area contributed by atoms with Gasteiger partial charge in [0.15, 0.2) is 0 Å². The number of aromatic amines is 1. The molecule has 6 nitrogen and oxygen atoms in total. The zero-order chi connectivity index (χ0) is 13.9. The molecule has 2 heterocycles. The molecule has 1 fully saturated rings. The van der Waals surface area contributed by atoms with Crippen molar-refractivity contribution in [2.24, 2.45) is 0 Å². The first kappa shape index (κ1) is 14.5. The number of hydrogen-bond acceptors (Lipinski definition) is 4. The highest BCUT2D eigenvalue weighted by molar-refractivity contribution is 7.89. The van der Waals surface area contributed by atoms with E-state index in [1.807, 2.05) is 0 Å². The largest absolute Gasteiger partial charge is 0.314 e. The van der Waals surface area contributed by atoms with E-state index in [1.165, 1.54) is 23.3 Å². The fourth-order valence-corrected chi connectivity index (χ4v) is 3.70. The van der Waals surface area contributed by atoms with E-state index >= 15 is 0 Å². The third-order valence-corrected chi connectivity index (χ3v) is 5.65. The monoisotopic (exact) mass is 286 g/mol. The van der Waals surface area contributed by atoms with Gasteiger partial charge in [-0.05, 0) is 32.7 Å². The van der Waals surface area contributed by atoms with Gasteiger partial charge in [0, 0.05) is 19.6 Å². The van der Waals surface area contributed by atoms with E-state index in [1.54, 1.807) is 14.0 Å². The lowest BCUT2D eigenvalue weighted by atomic mass is 10.0. The van der Waals surface area contributed by atoms with E-state index in [0.717, 1.165) is 19.4 Å². The number of rotatable bonds is 5. The van der Waals surface area contributed by atoms with E-state index in [9.17, 15) is 8.42 Å². The molecule has 1 atom stereocenters. The van der Waals surface area contributed by atoms with Gasteiger partial charge < -0.3 is 5.32 Å². The fraction of sp³-hybridized carbons (Fsp3) is 0.750. The highest BCUT2D eigenvalue weighted by Crippen LogP contribution is 2.17. The normalized spacial score (nSPS) is 20.9. The first-order chi connectivity index (χ1) is 9.01. The Labute approximate surface area is 114 Å². The van der Waals surface area contributed by atoms with Crippen LogP contribution >= 0.6 is 0 Å². The molecule has 19 heavy (non-hydrogen) atoms. The SMILES string of the molecule is Cc1[nH]ncc1S(=O)(=O)N(C)CCC1CCCCN1. The number of aromatic nitrogens is 2. The van der Waals surface area contributed by atoms with Crippen molar-refractivity contribution >= 4 is 10.0 Å². The minimum Gasteiger partial charge on any atom is -0.314 e. The van der Waals surface area contributed by atoms with Crippen LogP contribution in [0.4, 0.5) is 0 Å². The van der Waals surface area contributed by atoms with Gasteiger partial charge in [0.05, 0.1) is 11.9 Å². The molecule has 0 amide bonds. The molecule has 0 saturated carbocycles. The van der Waals surface area contributed by atoms with E-state index in [-0.39, 0.29) is 4.90 Å². The first-order valence-electron chi connectivity index (χ1n) is 6.71. The molecule has 1 unspecified atom stereocenters. The second-order valence-electron chi connectivity index (χ2n) is 5.12. The zero-order valence-corrected chi connectivity index (χ0v) is 12.3. The minimum absolute atomic E-state index is 0.270. The average Bonchev–Trinajstić information content (AvgIpc) is 2.84. The van der Waals surface area contributed by atoms with Gasteiger partial charge in [-0.3, -0.25) is 5.10 Å². The van der Waals surface area contributed by atoms with E-state index in [2.05, 4.69) is 15.5 Å². The Morgan fingerprint density at radius 1 is 1.47 bits per heavy atom. The van der Waals surface area contributed by atoms with E-state index in [0.29, 0.717) is 18.3 Å². The molecule has 0 aliphatic carbocycles. The lowest BCUT2D eigenvalue weighted by molar-refractivity contribution is 0.351. The predicted octanol–water partition coefficient (Wildman–Crippen LogP) is 0.871. The first-order valence-corrected chi connectivity index (χ1v) is 8.15. The van der Waals surface area contributed by atoms with Crippen LogP contribution in [0.3, 0.4) is 0 Å². The van der Waals surface area contributed by atoms with Crippen molar-refractivity contribution in [1.82, 2.24) is 19.8 Å². The lowest BCUT2D eigenvalue weighted by Crippen LogP contribution is -2.38. The average molecular weight is 286 g/mol. The molecule has 1 aliphatic rings. The number of hydrogen-bond donors (Lipinski definition) is 2. The summed E-state index contributed by atoms with van der Waals surface area (Å²) >= 11 is 0. The van der Waals surface area contributed by atoms with Crippen molar-refractivity contribution in [3.05, 3.63) is 11.9 Å². The molecule has 108 valence electrons. The minimum atomic E-state index is -3.42. The van der Waals surface area contributed by atoms with Crippen LogP contribution in [0.1, 0.15) is 31.4 Å². The highest BCUT2D eigenvalue weighted by atomic mass is 32.2. The Morgan fingerprint density at radius 3 is 2.84 bits per heavy atom. The maximum Gasteiger partial charge on any atom is 0.246 e. The van der Waals surface area contributed by atoms with Crippen molar-refractivity contribution in [2.75, 3.05) is 20.1 Å². The second kappa shape index (κ2) is 6.02. The molecule has 0 spiro atoms. The van der Waals surface area contributed by atoms with Crippen molar-refractivity contribution in [1.29, 1.82) is 0 Å². The summed E-state index contributed by atoms with van der Waals surface area (Å²) < 4.78 is 26.1. The third kappa shape index (κ3) is 3.34. The van der Waals surface area contributed by atoms with Crippen molar-refractivity contribution in [3.8, 4) is 0 Å². The van der Waals surface area contributed by atoms with E-state index < -0.39 is 10.0 Å². The van der Waals surface area contributed by atoms with Crippen molar-refractivity contribution < 1.29 is 8.42 Å². The number of H-pyrrole nitrogens is 1. The van der Waals surface area contributed by atoms with Crippen molar-refractivity contribution in [2.45, 2.75) is 43.5 Å². The van der Waals surface area contributed by atoms with Gasteiger partial charge in [0.25, 0.3) is 0 Å². The maximum atomic E-state index is 12.3. The Bertz CT molecular complexity index is 506. The van der Waals surface area contributed by atoms with Gasteiger partial charge in [-0.25, -0.2) is 12.7 Å². The number of sulfonamides is 1. The molecule has 2 rings (SSSR count). The molecule has 2 N–H and O–H groups in total. The van der Waals surface area contributed by atoms with Crippen LogP contribution < -0.4 is 5.32 Å². The van der Waals surface area contributed by atoms with Gasteiger partial charge in [-0.2, -0.15) is 5.10 Å². The number of piperidine rings is 1. The molecule has 0 aromatic carbocycles. The van der Waals surface area contributed by atoms with Gasteiger partial charge in [0.2, 0.25) is 10.0 Å². The van der Waals surface area contributed by atoms with Crippen LogP contribution in [-0.2, 0) is 10.0 Å². The van der Waals surface area contributed by atoms with Gasteiger partial charge in [-0.1, -0.05) is 6.42 Å². The number of nitrogens with one attached hydrogen (secondary N) is 2. The Balaban J connectivity index is 1.95. The van der Waals surface area contributed by atoms with Crippen LogP contribution in [-0.4, -0.2) is 49.1 Å². The molecule has 1 aromatic rings. The Morgan fingerprint density at radius 2 is 2.26 bits per heavy atom. The van der Waals surface area contributed by atoms with Gasteiger partial charge in [0.1, 0.15) is 4.90 Å². The zero-order valence-electron chi connectivity index (χ0n) is 11.5. The van der Waals surface area contributed by atoms with Crippen LogP contribution in [0.15, 0.2) is 11.1 Å². The van der Waals surface area contributed by atoms with Crippen molar-refractivity contribution in [3.63, 3.8) is 0 Å².